The van der Waals surface area contributed by atoms with Gasteiger partial charge in [0.2, 0.25) is 0 Å². The Morgan fingerprint density at radius 2 is 0.657 bits per heavy atom. The minimum atomic E-state index is -0.615. The Balaban J connectivity index is 0.000000288. The predicted octanol–water partition coefficient (Wildman–Crippen LogP) is 14.5. The van der Waals surface area contributed by atoms with E-state index < -0.39 is 10.8 Å². The predicted molar refractivity (Wildman–Crippen MR) is 276 cm³/mol. The molecule has 0 bridgehead atoms. The molecule has 6 rings (SSSR count). The fraction of sp³-hybridized carbons (Fsp3) is 0.323. The van der Waals surface area contributed by atoms with Crippen LogP contribution in [0.2, 0.25) is 0 Å². The van der Waals surface area contributed by atoms with Crippen LogP contribution in [0.15, 0.2) is 103 Å². The van der Waals surface area contributed by atoms with Crippen molar-refractivity contribution in [3.8, 4) is 44.5 Å². The second kappa shape index (κ2) is 21.0. The SMILES string of the molecule is Cc1cc(C)c(-c2cccc(-c3c(C)cc(C)cc3C)c2/C([O-])=C/C(=O)C(C)(C)C)c(C)c1.Cc1cc(C)c(-c2cccc(-c3c(C)cc(C)cc3C)c2C(=O)/C=C(\[O-])C(C)(C)C)c(C)c1.[Co+2]. The summed E-state index contributed by atoms with van der Waals surface area (Å²) in [5.74, 6) is -0.801. The molecule has 0 spiro atoms. The van der Waals surface area contributed by atoms with Crippen molar-refractivity contribution in [2.45, 2.75) is 125 Å². The molecule has 67 heavy (non-hydrogen) atoms. The van der Waals surface area contributed by atoms with Gasteiger partial charge in [0.1, 0.15) is 0 Å². The molecule has 0 unspecified atom stereocenters. The summed E-state index contributed by atoms with van der Waals surface area (Å²) in [5, 5.41) is 26.6. The molecule has 5 heteroatoms. The molecule has 0 aliphatic heterocycles. The maximum Gasteiger partial charge on any atom is 2.00 e. The number of benzene rings is 6. The maximum absolute atomic E-state index is 13.8. The number of ketones is 2. The molecule has 0 fully saturated rings. The Hall–Kier alpha value is -5.75. The van der Waals surface area contributed by atoms with E-state index in [2.05, 4.69) is 132 Å². The first kappa shape index (κ1) is 53.9. The quantitative estimate of drug-likeness (QED) is 0.0865. The van der Waals surface area contributed by atoms with E-state index in [-0.39, 0.29) is 39.9 Å². The fourth-order valence-electron chi connectivity index (χ4n) is 9.70. The molecule has 0 heterocycles. The molecule has 0 aliphatic carbocycles. The van der Waals surface area contributed by atoms with Crippen molar-refractivity contribution >= 4 is 17.3 Å². The van der Waals surface area contributed by atoms with Crippen molar-refractivity contribution in [3.05, 3.63) is 181 Å². The molecule has 6 aromatic carbocycles. The average molecular weight is 938 g/mol. The smallest absolute Gasteiger partial charge is 0.875 e. The minimum absolute atomic E-state index is 0. The van der Waals surface area contributed by atoms with Crippen molar-refractivity contribution < 1.29 is 36.6 Å². The van der Waals surface area contributed by atoms with Crippen LogP contribution < -0.4 is 10.2 Å². The van der Waals surface area contributed by atoms with Crippen LogP contribution in [0, 0.1) is 93.9 Å². The first-order chi connectivity index (χ1) is 30.6. The van der Waals surface area contributed by atoms with Crippen LogP contribution >= 0.6 is 0 Å². The van der Waals surface area contributed by atoms with Gasteiger partial charge in [-0.15, -0.1) is 5.76 Å². The molecule has 0 saturated carbocycles. The second-order valence-electron chi connectivity index (χ2n) is 20.8. The van der Waals surface area contributed by atoms with Gasteiger partial charge in [0.05, 0.1) is 0 Å². The van der Waals surface area contributed by atoms with Crippen molar-refractivity contribution in [2.75, 3.05) is 0 Å². The largest absolute Gasteiger partial charge is 2.00 e. The van der Waals surface area contributed by atoms with Crippen molar-refractivity contribution in [1.82, 2.24) is 0 Å². The fourth-order valence-corrected chi connectivity index (χ4v) is 9.70. The summed E-state index contributed by atoms with van der Waals surface area (Å²) in [6, 6.07) is 29.3. The van der Waals surface area contributed by atoms with Crippen molar-refractivity contribution in [2.24, 2.45) is 10.8 Å². The first-order valence-electron chi connectivity index (χ1n) is 23.1. The molecular formula is C62H70CoO4. The second-order valence-corrected chi connectivity index (χ2v) is 20.8. The van der Waals surface area contributed by atoms with Gasteiger partial charge in [-0.25, -0.2) is 0 Å². The third-order valence-electron chi connectivity index (χ3n) is 12.4. The molecule has 0 N–H and O–H groups in total. The van der Waals surface area contributed by atoms with Gasteiger partial charge < -0.3 is 10.2 Å². The molecule has 0 atom stereocenters. The van der Waals surface area contributed by atoms with Crippen LogP contribution in [0.4, 0.5) is 0 Å². The van der Waals surface area contributed by atoms with Gasteiger partial charge in [0, 0.05) is 11.0 Å². The number of aryl methyl sites for hydroxylation is 12. The molecule has 1 radical (unpaired) electrons. The summed E-state index contributed by atoms with van der Waals surface area (Å²) in [4.78, 5) is 26.6. The monoisotopic (exact) mass is 937 g/mol. The number of rotatable bonds is 8. The van der Waals surface area contributed by atoms with Gasteiger partial charge >= 0.3 is 16.8 Å². The molecular weight excluding hydrogens is 868 g/mol. The van der Waals surface area contributed by atoms with Crippen molar-refractivity contribution in [1.29, 1.82) is 0 Å². The third-order valence-corrected chi connectivity index (χ3v) is 12.4. The third kappa shape index (κ3) is 12.0. The van der Waals surface area contributed by atoms with Crippen molar-refractivity contribution in [3.63, 3.8) is 0 Å². The van der Waals surface area contributed by atoms with E-state index in [4.69, 9.17) is 0 Å². The molecule has 4 nitrogen and oxygen atoms in total. The zero-order valence-corrected chi connectivity index (χ0v) is 44.2. The zero-order valence-electron chi connectivity index (χ0n) is 43.2. The van der Waals surface area contributed by atoms with E-state index in [1.807, 2.05) is 77.9 Å². The van der Waals surface area contributed by atoms with Gasteiger partial charge in [0.25, 0.3) is 0 Å². The first-order valence-corrected chi connectivity index (χ1v) is 23.1. The van der Waals surface area contributed by atoms with Crippen LogP contribution in [0.1, 0.15) is 124 Å². The Morgan fingerprint density at radius 1 is 0.403 bits per heavy atom. The summed E-state index contributed by atoms with van der Waals surface area (Å²) < 4.78 is 0. The minimum Gasteiger partial charge on any atom is -0.875 e. The standard InChI is InChI=1S/2C31H36O2.Co/c2*1-18-13-20(3)28(21(4)14-18)24-11-10-12-25(29-22(5)15-19(2)16-23(29)6)30(24)26(32)17-27(33)31(7,8)9;/h10-17,33H,1-9H3;10-17,32H,1-9H3;/q;;+2/p-2/b27-17-;26-17-;. The number of hydrogen-bond acceptors (Lipinski definition) is 4. The normalized spacial score (nSPS) is 12.0. The van der Waals surface area contributed by atoms with E-state index in [9.17, 15) is 19.8 Å². The average Bonchev–Trinajstić information content (AvgIpc) is 3.16. The molecule has 0 aromatic heterocycles. The van der Waals surface area contributed by atoms with E-state index >= 15 is 0 Å². The maximum atomic E-state index is 13.8. The van der Waals surface area contributed by atoms with Crippen LogP contribution in [-0.2, 0) is 21.6 Å². The van der Waals surface area contributed by atoms with Gasteiger partial charge in [-0.3, -0.25) is 9.59 Å². The number of hydrogen-bond donors (Lipinski definition) is 0. The van der Waals surface area contributed by atoms with Crippen LogP contribution in [-0.4, -0.2) is 11.6 Å². The summed E-state index contributed by atoms with van der Waals surface area (Å²) in [6.45, 7) is 36.1. The van der Waals surface area contributed by atoms with Gasteiger partial charge in [-0.2, -0.15) is 0 Å². The summed E-state index contributed by atoms with van der Waals surface area (Å²) in [7, 11) is 0. The molecule has 0 saturated heterocycles. The molecule has 351 valence electrons. The van der Waals surface area contributed by atoms with Gasteiger partial charge in [0.15, 0.2) is 11.6 Å². The van der Waals surface area contributed by atoms with Crippen LogP contribution in [0.5, 0.6) is 0 Å². The number of allylic oxidation sites excluding steroid dienone is 3. The van der Waals surface area contributed by atoms with E-state index in [0.717, 1.165) is 89.0 Å². The van der Waals surface area contributed by atoms with Crippen LogP contribution in [0.25, 0.3) is 50.3 Å². The Labute approximate surface area is 412 Å². The number of carbonyl (C=O) groups excluding carboxylic acids is 2. The Bertz CT molecular complexity index is 2700. The molecule has 0 aliphatic rings. The van der Waals surface area contributed by atoms with E-state index in [1.54, 1.807) is 0 Å². The van der Waals surface area contributed by atoms with E-state index in [0.29, 0.717) is 11.1 Å². The number of carbonyl (C=O) groups is 2. The summed E-state index contributed by atoms with van der Waals surface area (Å²) in [5.41, 5.74) is 21.5. The summed E-state index contributed by atoms with van der Waals surface area (Å²) in [6.07, 6.45) is 2.58. The molecule has 6 aromatic rings. The van der Waals surface area contributed by atoms with E-state index in [1.165, 1.54) is 34.4 Å². The van der Waals surface area contributed by atoms with Crippen LogP contribution in [0.3, 0.4) is 0 Å². The Kier molecular flexibility index (Phi) is 16.9. The summed E-state index contributed by atoms with van der Waals surface area (Å²) >= 11 is 0. The zero-order chi connectivity index (χ0) is 49.3. The van der Waals surface area contributed by atoms with Gasteiger partial charge in [-0.1, -0.05) is 154 Å². The molecule has 0 amide bonds. The van der Waals surface area contributed by atoms with Gasteiger partial charge in [-0.05, 0) is 195 Å². The Morgan fingerprint density at radius 3 is 0.896 bits per heavy atom. The topological polar surface area (TPSA) is 80.3 Å².